The van der Waals surface area contributed by atoms with E-state index in [1.165, 1.54) is 12.8 Å². The minimum absolute atomic E-state index is 0.658. The number of thioether (sulfide) groups is 1. The van der Waals surface area contributed by atoms with Crippen molar-refractivity contribution in [3.05, 3.63) is 47.9 Å². The van der Waals surface area contributed by atoms with Gasteiger partial charge in [0.05, 0.1) is 23.4 Å². The number of rotatable bonds is 8. The highest BCUT2D eigenvalue weighted by Gasteiger charge is 2.12. The van der Waals surface area contributed by atoms with E-state index in [-0.39, 0.29) is 0 Å². The number of unbranched alkanes of at least 4 members (excludes halogenated alkanes) is 2. The first-order valence-corrected chi connectivity index (χ1v) is 9.86. The fourth-order valence-electron chi connectivity index (χ4n) is 2.60. The van der Waals surface area contributed by atoms with Crippen molar-refractivity contribution in [2.24, 2.45) is 0 Å². The molecule has 0 saturated heterocycles. The predicted octanol–water partition coefficient (Wildman–Crippen LogP) is 5.60. The van der Waals surface area contributed by atoms with Gasteiger partial charge in [-0.25, -0.2) is 14.1 Å². The molecule has 0 aliphatic heterocycles. The summed E-state index contributed by atoms with van der Waals surface area (Å²) in [5.41, 5.74) is 2.91. The summed E-state index contributed by atoms with van der Waals surface area (Å²) in [6.45, 7) is 4.99. The molecule has 4 nitrogen and oxygen atoms in total. The molecule has 25 heavy (non-hydrogen) atoms. The molecule has 1 aromatic carbocycles. The Morgan fingerprint density at radius 1 is 1.20 bits per heavy atom. The van der Waals surface area contributed by atoms with Gasteiger partial charge in [0.25, 0.3) is 0 Å². The SMILES string of the molecule is CCCCCOc1ccnc(SCc2nc3ccccc3n2Cl)c1C. The minimum atomic E-state index is 0.658. The molecule has 0 amide bonds. The Labute approximate surface area is 157 Å². The number of hydrogen-bond donors (Lipinski definition) is 0. The number of para-hydroxylation sites is 2. The van der Waals surface area contributed by atoms with Crippen LogP contribution in [-0.2, 0) is 5.75 Å². The topological polar surface area (TPSA) is 39.9 Å². The van der Waals surface area contributed by atoms with Crippen molar-refractivity contribution in [1.29, 1.82) is 0 Å². The summed E-state index contributed by atoms with van der Waals surface area (Å²) >= 11 is 8.02. The van der Waals surface area contributed by atoms with Crippen LogP contribution < -0.4 is 4.74 Å². The molecule has 3 aromatic rings. The third-order valence-electron chi connectivity index (χ3n) is 4.02. The monoisotopic (exact) mass is 375 g/mol. The first-order chi connectivity index (χ1) is 12.2. The average Bonchev–Trinajstić information content (AvgIpc) is 2.95. The highest BCUT2D eigenvalue weighted by molar-refractivity contribution is 7.98. The van der Waals surface area contributed by atoms with E-state index in [0.29, 0.717) is 5.75 Å². The number of ether oxygens (including phenoxy) is 1. The Bertz CT molecular complexity index is 850. The average molecular weight is 376 g/mol. The van der Waals surface area contributed by atoms with Crippen molar-refractivity contribution in [1.82, 2.24) is 14.1 Å². The number of aromatic nitrogens is 3. The summed E-state index contributed by atoms with van der Waals surface area (Å²) in [6.07, 6.45) is 5.27. The van der Waals surface area contributed by atoms with Gasteiger partial charge in [-0.2, -0.15) is 0 Å². The maximum absolute atomic E-state index is 6.39. The van der Waals surface area contributed by atoms with Crippen molar-refractivity contribution in [3.63, 3.8) is 0 Å². The molecule has 0 aliphatic carbocycles. The first-order valence-electron chi connectivity index (χ1n) is 8.54. The van der Waals surface area contributed by atoms with Crippen LogP contribution in [0, 0.1) is 6.92 Å². The van der Waals surface area contributed by atoms with E-state index in [1.54, 1.807) is 22.0 Å². The zero-order valence-corrected chi connectivity index (χ0v) is 16.1. The van der Waals surface area contributed by atoms with Crippen LogP contribution in [0.4, 0.5) is 0 Å². The van der Waals surface area contributed by atoms with E-state index < -0.39 is 0 Å². The summed E-state index contributed by atoms with van der Waals surface area (Å²) in [6, 6.07) is 9.80. The fourth-order valence-corrected chi connectivity index (χ4v) is 3.83. The number of pyridine rings is 1. The number of imidazole rings is 1. The Morgan fingerprint density at radius 3 is 2.84 bits per heavy atom. The minimum Gasteiger partial charge on any atom is -0.493 e. The van der Waals surface area contributed by atoms with Gasteiger partial charge in [0.2, 0.25) is 0 Å². The molecule has 0 atom stereocenters. The lowest BCUT2D eigenvalue weighted by Crippen LogP contribution is -2.00. The van der Waals surface area contributed by atoms with Crippen LogP contribution in [0.25, 0.3) is 11.0 Å². The third-order valence-corrected chi connectivity index (χ3v) is 5.49. The summed E-state index contributed by atoms with van der Waals surface area (Å²) < 4.78 is 7.53. The van der Waals surface area contributed by atoms with Gasteiger partial charge in [-0.15, -0.1) is 0 Å². The molecule has 0 N–H and O–H groups in total. The van der Waals surface area contributed by atoms with Crippen molar-refractivity contribution in [3.8, 4) is 5.75 Å². The second-order valence-corrected chi connectivity index (χ2v) is 7.18. The van der Waals surface area contributed by atoms with Crippen LogP contribution in [0.1, 0.15) is 37.6 Å². The number of nitrogens with zero attached hydrogens (tertiary/aromatic N) is 3. The maximum atomic E-state index is 6.39. The molecule has 0 spiro atoms. The number of fused-ring (bicyclic) bond motifs is 1. The smallest absolute Gasteiger partial charge is 0.135 e. The van der Waals surface area contributed by atoms with Crippen LogP contribution in [0.3, 0.4) is 0 Å². The standard InChI is InChI=1S/C19H22ClN3OS/c1-3-4-7-12-24-17-10-11-21-19(14(17)2)25-13-18-22-15-8-5-6-9-16(15)23(18)20/h5-6,8-11H,3-4,7,12-13H2,1-2H3. The summed E-state index contributed by atoms with van der Waals surface area (Å²) in [5, 5.41) is 0.955. The molecule has 3 rings (SSSR count). The second-order valence-electron chi connectivity index (χ2n) is 5.88. The zero-order chi connectivity index (χ0) is 17.6. The Balaban J connectivity index is 1.69. The van der Waals surface area contributed by atoms with Gasteiger partial charge in [-0.3, -0.25) is 0 Å². The Morgan fingerprint density at radius 2 is 2.04 bits per heavy atom. The first kappa shape index (κ1) is 18.1. The molecule has 0 saturated carbocycles. The lowest BCUT2D eigenvalue weighted by atomic mass is 10.2. The molecule has 0 bridgehead atoms. The molecule has 0 aliphatic rings. The number of halogens is 1. The zero-order valence-electron chi connectivity index (χ0n) is 14.5. The molecule has 0 radical (unpaired) electrons. The van der Waals surface area contributed by atoms with E-state index in [1.807, 2.05) is 37.3 Å². The van der Waals surface area contributed by atoms with Gasteiger partial charge < -0.3 is 4.74 Å². The van der Waals surface area contributed by atoms with Gasteiger partial charge in [0.15, 0.2) is 0 Å². The van der Waals surface area contributed by atoms with Gasteiger partial charge in [-0.1, -0.05) is 43.7 Å². The maximum Gasteiger partial charge on any atom is 0.135 e. The quantitative estimate of drug-likeness (QED) is 0.379. The van der Waals surface area contributed by atoms with Gasteiger partial charge in [0.1, 0.15) is 16.6 Å². The Kier molecular flexibility index (Phi) is 6.21. The summed E-state index contributed by atoms with van der Waals surface area (Å²) in [7, 11) is 0. The normalized spacial score (nSPS) is 11.2. The Hall–Kier alpha value is -1.72. The van der Waals surface area contributed by atoms with E-state index in [4.69, 9.17) is 16.5 Å². The third kappa shape index (κ3) is 4.28. The molecule has 0 unspecified atom stereocenters. The summed E-state index contributed by atoms with van der Waals surface area (Å²) in [4.78, 5) is 9.09. The molecule has 2 heterocycles. The molecule has 0 fully saturated rings. The predicted molar refractivity (Wildman–Crippen MR) is 105 cm³/mol. The highest BCUT2D eigenvalue weighted by Crippen LogP contribution is 2.30. The van der Waals surface area contributed by atoms with Crippen LogP contribution in [0.2, 0.25) is 0 Å². The molecular weight excluding hydrogens is 354 g/mol. The largest absolute Gasteiger partial charge is 0.493 e. The number of hydrogen-bond acceptors (Lipinski definition) is 4. The highest BCUT2D eigenvalue weighted by atomic mass is 35.5. The second kappa shape index (κ2) is 8.59. The van der Waals surface area contributed by atoms with Gasteiger partial charge in [0, 0.05) is 23.5 Å². The van der Waals surface area contributed by atoms with Crippen LogP contribution in [0.5, 0.6) is 5.75 Å². The lowest BCUT2D eigenvalue weighted by molar-refractivity contribution is 0.303. The summed E-state index contributed by atoms with van der Waals surface area (Å²) in [5.74, 6) is 2.39. The molecule has 132 valence electrons. The van der Waals surface area contributed by atoms with Gasteiger partial charge >= 0.3 is 0 Å². The van der Waals surface area contributed by atoms with Gasteiger partial charge in [-0.05, 0) is 31.5 Å². The fraction of sp³-hybridized carbons (Fsp3) is 0.368. The van der Waals surface area contributed by atoms with E-state index >= 15 is 0 Å². The van der Waals surface area contributed by atoms with Crippen molar-refractivity contribution in [2.45, 2.75) is 43.9 Å². The van der Waals surface area contributed by atoms with Crippen molar-refractivity contribution >= 4 is 34.6 Å². The van der Waals surface area contributed by atoms with Crippen molar-refractivity contribution in [2.75, 3.05) is 6.61 Å². The van der Waals surface area contributed by atoms with E-state index in [0.717, 1.165) is 46.2 Å². The van der Waals surface area contributed by atoms with Crippen LogP contribution in [0.15, 0.2) is 41.6 Å². The van der Waals surface area contributed by atoms with Crippen molar-refractivity contribution < 1.29 is 4.74 Å². The van der Waals surface area contributed by atoms with Crippen LogP contribution in [-0.4, -0.2) is 20.7 Å². The van der Waals surface area contributed by atoms with E-state index in [2.05, 4.69) is 16.9 Å². The molecule has 6 heteroatoms. The van der Waals surface area contributed by atoms with E-state index in [9.17, 15) is 0 Å². The molecule has 2 aromatic heterocycles. The lowest BCUT2D eigenvalue weighted by Gasteiger charge is -2.11. The van der Waals surface area contributed by atoms with Crippen LogP contribution >= 0.6 is 23.5 Å². The number of benzene rings is 1. The molecular formula is C19H22ClN3OS.